The highest BCUT2D eigenvalue weighted by Crippen LogP contribution is 2.30. The number of anilines is 2. The summed E-state index contributed by atoms with van der Waals surface area (Å²) in [5.41, 5.74) is 0.0681. The molecule has 0 radical (unpaired) electrons. The Morgan fingerprint density at radius 1 is 1.03 bits per heavy atom. The normalized spacial score (nSPS) is 17.4. The maximum atomic E-state index is 14.6. The first-order valence-electron chi connectivity index (χ1n) is 11.2. The van der Waals surface area contributed by atoms with Crippen molar-refractivity contribution < 1.29 is 25.6 Å². The second-order valence-corrected chi connectivity index (χ2v) is 8.95. The van der Waals surface area contributed by atoms with Gasteiger partial charge in [-0.05, 0) is 43.8 Å². The van der Waals surface area contributed by atoms with Crippen LogP contribution in [0.1, 0.15) is 18.8 Å². The van der Waals surface area contributed by atoms with Gasteiger partial charge in [-0.1, -0.05) is 6.07 Å². The molecule has 2 saturated heterocycles. The summed E-state index contributed by atoms with van der Waals surface area (Å²) in [5, 5.41) is 5.45. The SMILES string of the molecule is Cc1ccc(Nc2c(C(=O)N3CC(NC(=O)CN4CCN(C)CC4)C3)ccc(F)c2F)c(F)c1.[HH].[HH]. The third-order valence-electron chi connectivity index (χ3n) is 6.21. The minimum absolute atomic E-state index is 0. The van der Waals surface area contributed by atoms with E-state index in [1.165, 1.54) is 23.1 Å². The number of piperazine rings is 1. The van der Waals surface area contributed by atoms with Crippen LogP contribution in [0.3, 0.4) is 0 Å². The summed E-state index contributed by atoms with van der Waals surface area (Å²) < 4.78 is 42.8. The third kappa shape index (κ3) is 5.34. The molecule has 2 heterocycles. The van der Waals surface area contributed by atoms with Crippen molar-refractivity contribution in [3.63, 3.8) is 0 Å². The smallest absolute Gasteiger partial charge is 0.256 e. The summed E-state index contributed by atoms with van der Waals surface area (Å²) in [7, 11) is 2.04. The van der Waals surface area contributed by atoms with Crippen LogP contribution in [0.15, 0.2) is 30.3 Å². The molecule has 2 aliphatic heterocycles. The van der Waals surface area contributed by atoms with Gasteiger partial charge in [0.25, 0.3) is 5.91 Å². The fraction of sp³-hybridized carbons (Fsp3) is 0.417. The van der Waals surface area contributed by atoms with Gasteiger partial charge in [-0.25, -0.2) is 13.2 Å². The molecule has 7 nitrogen and oxygen atoms in total. The second kappa shape index (κ2) is 10.0. The van der Waals surface area contributed by atoms with E-state index in [2.05, 4.69) is 20.4 Å². The number of likely N-dealkylation sites (N-methyl/N-ethyl adjacent to an activating group) is 1. The molecule has 0 atom stereocenters. The van der Waals surface area contributed by atoms with Crippen molar-refractivity contribution in [2.24, 2.45) is 0 Å². The first-order chi connectivity index (χ1) is 16.2. The van der Waals surface area contributed by atoms with Crippen molar-refractivity contribution in [1.82, 2.24) is 20.0 Å². The molecule has 0 spiro atoms. The third-order valence-corrected chi connectivity index (χ3v) is 6.21. The summed E-state index contributed by atoms with van der Waals surface area (Å²) in [5.74, 6) is -3.69. The molecule has 34 heavy (non-hydrogen) atoms. The van der Waals surface area contributed by atoms with Gasteiger partial charge in [-0.3, -0.25) is 14.5 Å². The number of likely N-dealkylation sites (tertiary alicyclic amines) is 1. The van der Waals surface area contributed by atoms with Crippen LogP contribution in [0.25, 0.3) is 0 Å². The fourth-order valence-corrected chi connectivity index (χ4v) is 4.10. The van der Waals surface area contributed by atoms with Crippen molar-refractivity contribution >= 4 is 23.2 Å². The Kier molecular flexibility index (Phi) is 7.08. The number of rotatable bonds is 6. The Balaban J connectivity index is 0.00000228. The van der Waals surface area contributed by atoms with Crippen LogP contribution < -0.4 is 10.6 Å². The second-order valence-electron chi connectivity index (χ2n) is 8.95. The van der Waals surface area contributed by atoms with Gasteiger partial charge in [0.1, 0.15) is 5.82 Å². The maximum absolute atomic E-state index is 14.6. The van der Waals surface area contributed by atoms with Gasteiger partial charge in [0, 0.05) is 42.1 Å². The zero-order valence-corrected chi connectivity index (χ0v) is 19.2. The Morgan fingerprint density at radius 2 is 1.74 bits per heavy atom. The van der Waals surface area contributed by atoms with E-state index in [4.69, 9.17) is 0 Å². The Morgan fingerprint density at radius 3 is 2.41 bits per heavy atom. The van der Waals surface area contributed by atoms with E-state index in [9.17, 15) is 22.8 Å². The van der Waals surface area contributed by atoms with Gasteiger partial charge in [0.2, 0.25) is 5.91 Å². The molecular weight excluding hydrogens is 447 g/mol. The minimum atomic E-state index is -1.26. The van der Waals surface area contributed by atoms with Crippen molar-refractivity contribution in [3.8, 4) is 0 Å². The molecule has 0 unspecified atom stereocenters. The first kappa shape index (κ1) is 24.0. The number of halogens is 3. The Bertz CT molecular complexity index is 1090. The maximum Gasteiger partial charge on any atom is 0.256 e. The minimum Gasteiger partial charge on any atom is -0.350 e. The van der Waals surface area contributed by atoms with Crippen molar-refractivity contribution in [2.75, 3.05) is 58.2 Å². The van der Waals surface area contributed by atoms with Crippen LogP contribution in [0.5, 0.6) is 0 Å². The molecule has 2 aromatic rings. The summed E-state index contributed by atoms with van der Waals surface area (Å²) in [4.78, 5) is 31.1. The highest BCUT2D eigenvalue weighted by molar-refractivity contribution is 6.01. The molecule has 186 valence electrons. The number of amides is 2. The average molecular weight is 480 g/mol. The number of carbonyl (C=O) groups is 2. The van der Waals surface area contributed by atoms with E-state index >= 15 is 0 Å². The lowest BCUT2D eigenvalue weighted by molar-refractivity contribution is -0.124. The van der Waals surface area contributed by atoms with Gasteiger partial charge >= 0.3 is 0 Å². The molecular formula is C24H32F3N5O2. The number of nitrogens with zero attached hydrogens (tertiary/aromatic N) is 3. The molecule has 2 amide bonds. The highest BCUT2D eigenvalue weighted by Gasteiger charge is 2.34. The monoisotopic (exact) mass is 479 g/mol. The van der Waals surface area contributed by atoms with E-state index in [0.29, 0.717) is 12.1 Å². The number of carbonyl (C=O) groups excluding carboxylic acids is 2. The van der Waals surface area contributed by atoms with Crippen LogP contribution in [0, 0.1) is 24.4 Å². The lowest BCUT2D eigenvalue weighted by Crippen LogP contribution is -2.62. The van der Waals surface area contributed by atoms with E-state index in [-0.39, 0.29) is 39.1 Å². The molecule has 2 aromatic carbocycles. The first-order valence-corrected chi connectivity index (χ1v) is 11.2. The predicted octanol–water partition coefficient (Wildman–Crippen LogP) is 2.84. The molecule has 0 aromatic heterocycles. The van der Waals surface area contributed by atoms with E-state index in [1.54, 1.807) is 13.0 Å². The average Bonchev–Trinajstić information content (AvgIpc) is 2.76. The molecule has 2 N–H and O–H groups in total. The molecule has 10 heteroatoms. The summed E-state index contributed by atoms with van der Waals surface area (Å²) >= 11 is 0. The van der Waals surface area contributed by atoms with Crippen LogP contribution >= 0.6 is 0 Å². The van der Waals surface area contributed by atoms with Crippen LogP contribution in [0.2, 0.25) is 0 Å². The summed E-state index contributed by atoms with van der Waals surface area (Å²) in [6.45, 7) is 5.99. The van der Waals surface area contributed by atoms with Crippen molar-refractivity contribution in [1.29, 1.82) is 0 Å². The number of benzene rings is 2. The topological polar surface area (TPSA) is 67.9 Å². The van der Waals surface area contributed by atoms with E-state index < -0.39 is 29.0 Å². The molecule has 4 rings (SSSR count). The van der Waals surface area contributed by atoms with Gasteiger partial charge in [-0.2, -0.15) is 0 Å². The summed E-state index contributed by atoms with van der Waals surface area (Å²) in [6.07, 6.45) is 0. The van der Waals surface area contributed by atoms with Crippen LogP contribution in [-0.2, 0) is 4.79 Å². The lowest BCUT2D eigenvalue weighted by atomic mass is 10.0. The Labute approximate surface area is 199 Å². The number of hydrogen-bond donors (Lipinski definition) is 2. The zero-order chi connectivity index (χ0) is 24.4. The molecule has 2 aliphatic rings. The number of hydrogen-bond acceptors (Lipinski definition) is 5. The van der Waals surface area contributed by atoms with Gasteiger partial charge in [0.05, 0.1) is 29.5 Å². The molecule has 0 bridgehead atoms. The van der Waals surface area contributed by atoms with Gasteiger partial charge < -0.3 is 20.4 Å². The largest absolute Gasteiger partial charge is 0.350 e. The van der Waals surface area contributed by atoms with E-state index in [0.717, 1.165) is 32.2 Å². The quantitative estimate of drug-likeness (QED) is 0.667. The Hall–Kier alpha value is -3.11. The van der Waals surface area contributed by atoms with Crippen LogP contribution in [0.4, 0.5) is 24.5 Å². The molecule has 0 aliphatic carbocycles. The lowest BCUT2D eigenvalue weighted by Gasteiger charge is -2.40. The van der Waals surface area contributed by atoms with Crippen molar-refractivity contribution in [2.45, 2.75) is 13.0 Å². The highest BCUT2D eigenvalue weighted by atomic mass is 19.2. The van der Waals surface area contributed by atoms with Gasteiger partial charge in [-0.15, -0.1) is 0 Å². The van der Waals surface area contributed by atoms with E-state index in [1.807, 2.05) is 7.05 Å². The summed E-state index contributed by atoms with van der Waals surface area (Å²) in [6, 6.07) is 6.11. The molecule has 0 saturated carbocycles. The molecule has 2 fully saturated rings. The number of nitrogens with one attached hydrogen (secondary N) is 2. The van der Waals surface area contributed by atoms with Crippen LogP contribution in [-0.4, -0.2) is 85.4 Å². The fourth-order valence-electron chi connectivity index (χ4n) is 4.10. The van der Waals surface area contributed by atoms with Gasteiger partial charge in [0.15, 0.2) is 11.6 Å². The predicted molar refractivity (Wildman–Crippen MR) is 127 cm³/mol. The number of aryl methyl sites for hydroxylation is 1. The standard InChI is InChI=1S/C24H28F3N5O2.2H2/c1-15-3-6-20(19(26)11-15)29-23-17(4-5-18(25)22(23)27)24(34)32-12-16(13-32)28-21(33)14-31-9-7-30(2)8-10-31;;/h3-6,11,16,29H,7-10,12-14H2,1-2H3,(H,28,33);2*1H. The zero-order valence-electron chi connectivity index (χ0n) is 19.2. The van der Waals surface area contributed by atoms with Crippen molar-refractivity contribution in [3.05, 3.63) is 58.9 Å².